The number of hydrogen-bond acceptors (Lipinski definition) is 2. The van der Waals surface area contributed by atoms with E-state index in [0.717, 1.165) is 18.5 Å². The minimum Gasteiger partial charge on any atom is -0.494 e. The normalized spacial score (nSPS) is 10.3. The van der Waals surface area contributed by atoms with Crippen LogP contribution in [0.4, 0.5) is 0 Å². The van der Waals surface area contributed by atoms with Crippen molar-refractivity contribution in [3.05, 3.63) is 29.8 Å². The Morgan fingerprint density at radius 2 is 1.93 bits per heavy atom. The van der Waals surface area contributed by atoms with E-state index in [1.807, 2.05) is 12.1 Å². The number of carbonyl (C=O) groups is 1. The Morgan fingerprint density at radius 1 is 1.27 bits per heavy atom. The second kappa shape index (κ2) is 6.23. The molecular weight excluding hydrogens is 188 g/mol. The van der Waals surface area contributed by atoms with E-state index in [9.17, 15) is 4.79 Å². The molecule has 0 aliphatic heterocycles. The highest BCUT2D eigenvalue weighted by atomic mass is 16.5. The van der Waals surface area contributed by atoms with E-state index in [1.54, 1.807) is 0 Å². The van der Waals surface area contributed by atoms with Gasteiger partial charge in [0, 0.05) is 6.42 Å². The summed E-state index contributed by atoms with van der Waals surface area (Å²) < 4.78 is 5.48. The smallest absolute Gasteiger partial charge is 0.120 e. The lowest BCUT2D eigenvalue weighted by atomic mass is 10.0. The molecule has 1 aromatic carbocycles. The van der Waals surface area contributed by atoms with Crippen LogP contribution in [0.5, 0.6) is 5.75 Å². The largest absolute Gasteiger partial charge is 0.494 e. The van der Waals surface area contributed by atoms with Crippen molar-refractivity contribution >= 4 is 6.29 Å². The molecule has 0 bridgehead atoms. The van der Waals surface area contributed by atoms with E-state index in [-0.39, 0.29) is 0 Å². The van der Waals surface area contributed by atoms with E-state index in [2.05, 4.69) is 26.0 Å². The molecule has 0 radical (unpaired) electrons. The third kappa shape index (κ3) is 4.15. The maximum Gasteiger partial charge on any atom is 0.120 e. The molecule has 0 atom stereocenters. The number of rotatable bonds is 6. The lowest BCUT2D eigenvalue weighted by molar-refractivity contribution is -0.108. The third-order valence-corrected chi connectivity index (χ3v) is 2.28. The number of hydrogen-bond donors (Lipinski definition) is 0. The molecule has 1 rings (SSSR count). The highest BCUT2D eigenvalue weighted by molar-refractivity contribution is 5.49. The monoisotopic (exact) mass is 206 g/mol. The summed E-state index contributed by atoms with van der Waals surface area (Å²) in [6.07, 6.45) is 2.28. The molecule has 0 saturated carbocycles. The fraction of sp³-hybridized carbons (Fsp3) is 0.462. The fourth-order valence-corrected chi connectivity index (χ4v) is 1.31. The summed E-state index contributed by atoms with van der Waals surface area (Å²) in [6, 6.07) is 8.13. The van der Waals surface area contributed by atoms with Crippen molar-refractivity contribution in [3.8, 4) is 5.75 Å². The standard InChI is InChI=1S/C13H18O2/c1-11(2)12-5-7-13(8-6-12)15-10-4-3-9-14/h5-9,11H,3-4,10H2,1-2H3. The molecule has 0 amide bonds. The van der Waals surface area contributed by atoms with Gasteiger partial charge in [-0.25, -0.2) is 0 Å². The number of unbranched alkanes of at least 4 members (excludes halogenated alkanes) is 1. The highest BCUT2D eigenvalue weighted by Crippen LogP contribution is 2.18. The average molecular weight is 206 g/mol. The molecule has 0 unspecified atom stereocenters. The van der Waals surface area contributed by atoms with Gasteiger partial charge in [0.05, 0.1) is 6.61 Å². The Balaban J connectivity index is 2.39. The first-order chi connectivity index (χ1) is 7.24. The van der Waals surface area contributed by atoms with E-state index < -0.39 is 0 Å². The van der Waals surface area contributed by atoms with Crippen molar-refractivity contribution < 1.29 is 9.53 Å². The van der Waals surface area contributed by atoms with Crippen molar-refractivity contribution in [2.24, 2.45) is 0 Å². The van der Waals surface area contributed by atoms with Crippen molar-refractivity contribution in [1.82, 2.24) is 0 Å². The predicted octanol–water partition coefficient (Wildman–Crippen LogP) is 3.17. The second-order valence-electron chi connectivity index (χ2n) is 3.88. The van der Waals surface area contributed by atoms with Crippen LogP contribution in [0, 0.1) is 0 Å². The van der Waals surface area contributed by atoms with Crippen LogP contribution < -0.4 is 4.74 Å². The van der Waals surface area contributed by atoms with Gasteiger partial charge in [-0.15, -0.1) is 0 Å². The molecular formula is C13H18O2. The molecule has 0 aromatic heterocycles. The van der Waals surface area contributed by atoms with Crippen molar-refractivity contribution in [1.29, 1.82) is 0 Å². The Hall–Kier alpha value is -1.31. The summed E-state index contributed by atoms with van der Waals surface area (Å²) in [6.45, 7) is 4.94. The molecule has 0 aliphatic rings. The molecule has 0 aliphatic carbocycles. The molecule has 15 heavy (non-hydrogen) atoms. The van der Waals surface area contributed by atoms with E-state index >= 15 is 0 Å². The number of benzene rings is 1. The quantitative estimate of drug-likeness (QED) is 0.528. The zero-order valence-corrected chi connectivity index (χ0v) is 9.40. The van der Waals surface area contributed by atoms with Gasteiger partial charge in [0.25, 0.3) is 0 Å². The SMILES string of the molecule is CC(C)c1ccc(OCCCC=O)cc1. The van der Waals surface area contributed by atoms with Gasteiger partial charge in [0.2, 0.25) is 0 Å². The van der Waals surface area contributed by atoms with Gasteiger partial charge in [0.15, 0.2) is 0 Å². The number of aldehydes is 1. The predicted molar refractivity (Wildman–Crippen MR) is 61.3 cm³/mol. The molecule has 0 heterocycles. The highest BCUT2D eigenvalue weighted by Gasteiger charge is 1.99. The molecule has 82 valence electrons. The third-order valence-electron chi connectivity index (χ3n) is 2.28. The zero-order chi connectivity index (χ0) is 11.1. The minimum absolute atomic E-state index is 0.550. The van der Waals surface area contributed by atoms with E-state index in [1.165, 1.54) is 5.56 Å². The van der Waals surface area contributed by atoms with Crippen LogP contribution in [0.1, 0.15) is 38.2 Å². The van der Waals surface area contributed by atoms with E-state index in [4.69, 9.17) is 4.74 Å². The van der Waals surface area contributed by atoms with Crippen LogP contribution in [0.2, 0.25) is 0 Å². The maximum atomic E-state index is 10.1. The summed E-state index contributed by atoms with van der Waals surface area (Å²) in [5, 5.41) is 0. The Labute approximate surface area is 91.3 Å². The molecule has 0 N–H and O–H groups in total. The first kappa shape index (κ1) is 11.8. The van der Waals surface area contributed by atoms with Gasteiger partial charge in [-0.2, -0.15) is 0 Å². The van der Waals surface area contributed by atoms with Crippen LogP contribution in [0.15, 0.2) is 24.3 Å². The Morgan fingerprint density at radius 3 is 2.47 bits per heavy atom. The summed E-state index contributed by atoms with van der Waals surface area (Å²) in [5.74, 6) is 1.43. The minimum atomic E-state index is 0.550. The van der Waals surface area contributed by atoms with E-state index in [0.29, 0.717) is 18.9 Å². The Kier molecular flexibility index (Phi) is 4.88. The van der Waals surface area contributed by atoms with Crippen molar-refractivity contribution in [2.45, 2.75) is 32.6 Å². The molecule has 0 spiro atoms. The summed E-state index contributed by atoms with van der Waals surface area (Å²) in [4.78, 5) is 10.1. The lowest BCUT2D eigenvalue weighted by Crippen LogP contribution is -1.97. The number of ether oxygens (including phenoxy) is 1. The maximum absolute atomic E-state index is 10.1. The van der Waals surface area contributed by atoms with Gasteiger partial charge in [-0.05, 0) is 30.0 Å². The molecule has 2 heteroatoms. The fourth-order valence-electron chi connectivity index (χ4n) is 1.31. The molecule has 2 nitrogen and oxygen atoms in total. The molecule has 0 saturated heterocycles. The van der Waals surface area contributed by atoms with Crippen LogP contribution in [0.25, 0.3) is 0 Å². The number of carbonyl (C=O) groups excluding carboxylic acids is 1. The lowest BCUT2D eigenvalue weighted by Gasteiger charge is -2.08. The average Bonchev–Trinajstić information content (AvgIpc) is 2.25. The Bertz CT molecular complexity index is 288. The van der Waals surface area contributed by atoms with Crippen LogP contribution in [-0.2, 0) is 4.79 Å². The summed E-state index contributed by atoms with van der Waals surface area (Å²) in [5.41, 5.74) is 1.32. The van der Waals surface area contributed by atoms with Gasteiger partial charge in [-0.1, -0.05) is 26.0 Å². The molecule has 0 fully saturated rings. The first-order valence-electron chi connectivity index (χ1n) is 5.40. The topological polar surface area (TPSA) is 26.3 Å². The second-order valence-corrected chi connectivity index (χ2v) is 3.88. The summed E-state index contributed by atoms with van der Waals surface area (Å²) in [7, 11) is 0. The van der Waals surface area contributed by atoms with Gasteiger partial charge >= 0.3 is 0 Å². The van der Waals surface area contributed by atoms with Gasteiger partial charge < -0.3 is 9.53 Å². The van der Waals surface area contributed by atoms with Gasteiger partial charge in [-0.3, -0.25) is 0 Å². The summed E-state index contributed by atoms with van der Waals surface area (Å²) >= 11 is 0. The first-order valence-corrected chi connectivity index (χ1v) is 5.40. The van der Waals surface area contributed by atoms with Crippen molar-refractivity contribution in [3.63, 3.8) is 0 Å². The zero-order valence-electron chi connectivity index (χ0n) is 9.40. The van der Waals surface area contributed by atoms with Crippen molar-refractivity contribution in [2.75, 3.05) is 6.61 Å². The van der Waals surface area contributed by atoms with Crippen LogP contribution in [-0.4, -0.2) is 12.9 Å². The van der Waals surface area contributed by atoms with Crippen LogP contribution in [0.3, 0.4) is 0 Å². The van der Waals surface area contributed by atoms with Crippen LogP contribution >= 0.6 is 0 Å². The molecule has 1 aromatic rings. The van der Waals surface area contributed by atoms with Gasteiger partial charge in [0.1, 0.15) is 12.0 Å².